The molecule has 0 saturated heterocycles. The van der Waals surface area contributed by atoms with Crippen molar-refractivity contribution in [2.24, 2.45) is 5.73 Å². The van der Waals surface area contributed by atoms with E-state index in [1.54, 1.807) is 6.92 Å². The third-order valence-electron chi connectivity index (χ3n) is 1.89. The highest BCUT2D eigenvalue weighted by atomic mass is 16.5. The number of carbonyl (C=O) groups excluding carboxylic acids is 1. The summed E-state index contributed by atoms with van der Waals surface area (Å²) in [5.74, 6) is 0.827. The molecule has 0 aliphatic carbocycles. The Morgan fingerprint density at radius 1 is 1.69 bits per heavy atom. The Labute approximate surface area is 93.3 Å². The topological polar surface area (TPSA) is 103 Å². The van der Waals surface area contributed by atoms with Gasteiger partial charge in [0.1, 0.15) is 6.04 Å². The Kier molecular flexibility index (Phi) is 4.87. The Balaban J connectivity index is 2.22. The number of ether oxygens (including phenoxy) is 1. The summed E-state index contributed by atoms with van der Waals surface area (Å²) in [6, 6.07) is -0.644. The van der Waals surface area contributed by atoms with Crippen LogP contribution in [0.4, 0.5) is 0 Å². The fourth-order valence-electron chi connectivity index (χ4n) is 1.12. The standard InChI is InChI=1S/C9H16N4O3/c1-6-12-8(16-13-6)3-4-11-9(14)7(10)5-15-2/h7H,3-5,10H2,1-2H3,(H,11,14). The first-order valence-electron chi connectivity index (χ1n) is 4.95. The van der Waals surface area contributed by atoms with Crippen molar-refractivity contribution in [3.05, 3.63) is 11.7 Å². The molecule has 1 unspecified atom stereocenters. The minimum absolute atomic E-state index is 0.200. The van der Waals surface area contributed by atoms with Gasteiger partial charge < -0.3 is 20.3 Å². The zero-order chi connectivity index (χ0) is 12.0. The highest BCUT2D eigenvalue weighted by Gasteiger charge is 2.12. The third-order valence-corrected chi connectivity index (χ3v) is 1.89. The zero-order valence-corrected chi connectivity index (χ0v) is 9.40. The Morgan fingerprint density at radius 2 is 2.44 bits per heavy atom. The molecule has 0 bridgehead atoms. The molecule has 0 aromatic carbocycles. The molecule has 90 valence electrons. The van der Waals surface area contributed by atoms with Gasteiger partial charge in [-0.05, 0) is 6.92 Å². The van der Waals surface area contributed by atoms with E-state index in [1.165, 1.54) is 7.11 Å². The van der Waals surface area contributed by atoms with Gasteiger partial charge in [-0.3, -0.25) is 4.79 Å². The van der Waals surface area contributed by atoms with E-state index in [1.807, 2.05) is 0 Å². The highest BCUT2D eigenvalue weighted by molar-refractivity contribution is 5.81. The lowest BCUT2D eigenvalue weighted by Gasteiger charge is -2.09. The first-order chi connectivity index (χ1) is 7.63. The van der Waals surface area contributed by atoms with Gasteiger partial charge in [-0.2, -0.15) is 4.98 Å². The second-order valence-electron chi connectivity index (χ2n) is 3.34. The first-order valence-corrected chi connectivity index (χ1v) is 4.95. The highest BCUT2D eigenvalue weighted by Crippen LogP contribution is 1.95. The molecule has 0 aliphatic heterocycles. The van der Waals surface area contributed by atoms with Crippen molar-refractivity contribution < 1.29 is 14.1 Å². The van der Waals surface area contributed by atoms with Crippen LogP contribution >= 0.6 is 0 Å². The molecule has 0 spiro atoms. The average molecular weight is 228 g/mol. The van der Waals surface area contributed by atoms with E-state index < -0.39 is 6.04 Å². The van der Waals surface area contributed by atoms with Gasteiger partial charge in [0.05, 0.1) is 6.61 Å². The van der Waals surface area contributed by atoms with Gasteiger partial charge in [0.2, 0.25) is 11.8 Å². The van der Waals surface area contributed by atoms with Gasteiger partial charge in [0.25, 0.3) is 0 Å². The quantitative estimate of drug-likeness (QED) is 0.648. The van der Waals surface area contributed by atoms with Gasteiger partial charge >= 0.3 is 0 Å². The zero-order valence-electron chi connectivity index (χ0n) is 9.40. The number of nitrogens with one attached hydrogen (secondary N) is 1. The van der Waals surface area contributed by atoms with Crippen molar-refractivity contribution >= 4 is 5.91 Å². The van der Waals surface area contributed by atoms with Crippen LogP contribution in [0.25, 0.3) is 0 Å². The van der Waals surface area contributed by atoms with Gasteiger partial charge in [0, 0.05) is 20.1 Å². The van der Waals surface area contributed by atoms with Crippen LogP contribution in [0.1, 0.15) is 11.7 Å². The maximum Gasteiger partial charge on any atom is 0.239 e. The number of hydrogen-bond acceptors (Lipinski definition) is 6. The van der Waals surface area contributed by atoms with E-state index in [-0.39, 0.29) is 12.5 Å². The predicted molar refractivity (Wildman–Crippen MR) is 55.6 cm³/mol. The van der Waals surface area contributed by atoms with Gasteiger partial charge in [-0.25, -0.2) is 0 Å². The maximum atomic E-state index is 11.3. The van der Waals surface area contributed by atoms with Crippen LogP contribution in [0.15, 0.2) is 4.52 Å². The number of aromatic nitrogens is 2. The smallest absolute Gasteiger partial charge is 0.239 e. The Hall–Kier alpha value is -1.47. The molecule has 3 N–H and O–H groups in total. The van der Waals surface area contributed by atoms with E-state index in [4.69, 9.17) is 15.0 Å². The minimum Gasteiger partial charge on any atom is -0.383 e. The predicted octanol–water partition coefficient (Wildman–Crippen LogP) is -0.990. The van der Waals surface area contributed by atoms with E-state index in [0.29, 0.717) is 24.7 Å². The molecule has 0 radical (unpaired) electrons. The molecule has 16 heavy (non-hydrogen) atoms. The van der Waals surface area contributed by atoms with Gasteiger partial charge in [-0.1, -0.05) is 5.16 Å². The van der Waals surface area contributed by atoms with Crippen LogP contribution in [0.2, 0.25) is 0 Å². The summed E-state index contributed by atoms with van der Waals surface area (Å²) in [6.45, 7) is 2.35. The number of nitrogens with zero attached hydrogens (tertiary/aromatic N) is 2. The van der Waals surface area contributed by atoms with E-state index in [9.17, 15) is 4.79 Å². The summed E-state index contributed by atoms with van der Waals surface area (Å²) in [7, 11) is 1.49. The molecule has 1 heterocycles. The van der Waals surface area contributed by atoms with E-state index in [2.05, 4.69) is 15.5 Å². The average Bonchev–Trinajstić information content (AvgIpc) is 2.64. The summed E-state index contributed by atoms with van der Waals surface area (Å²) in [4.78, 5) is 15.3. The van der Waals surface area contributed by atoms with Crippen molar-refractivity contribution in [1.29, 1.82) is 0 Å². The number of methoxy groups -OCH3 is 1. The number of amides is 1. The summed E-state index contributed by atoms with van der Waals surface area (Å²) in [5, 5.41) is 6.29. The monoisotopic (exact) mass is 228 g/mol. The van der Waals surface area contributed by atoms with Crippen molar-refractivity contribution in [3.63, 3.8) is 0 Å². The molecule has 7 nitrogen and oxygen atoms in total. The summed E-state index contributed by atoms with van der Waals surface area (Å²) < 4.78 is 9.65. The number of carbonyl (C=O) groups is 1. The van der Waals surface area contributed by atoms with Gasteiger partial charge in [-0.15, -0.1) is 0 Å². The summed E-state index contributed by atoms with van der Waals surface area (Å²) in [6.07, 6.45) is 0.492. The van der Waals surface area contributed by atoms with Crippen LogP contribution in [0.3, 0.4) is 0 Å². The van der Waals surface area contributed by atoms with E-state index in [0.717, 1.165) is 0 Å². The summed E-state index contributed by atoms with van der Waals surface area (Å²) in [5.41, 5.74) is 5.52. The molecule has 1 aromatic rings. The minimum atomic E-state index is -0.644. The molecular weight excluding hydrogens is 212 g/mol. The second-order valence-corrected chi connectivity index (χ2v) is 3.34. The largest absolute Gasteiger partial charge is 0.383 e. The SMILES string of the molecule is COCC(N)C(=O)NCCc1nc(C)no1. The fourth-order valence-corrected chi connectivity index (χ4v) is 1.12. The van der Waals surface area contributed by atoms with Crippen molar-refractivity contribution in [2.45, 2.75) is 19.4 Å². The van der Waals surface area contributed by atoms with Crippen molar-refractivity contribution in [2.75, 3.05) is 20.3 Å². The number of aryl methyl sites for hydroxylation is 1. The number of rotatable bonds is 6. The molecule has 0 saturated carbocycles. The summed E-state index contributed by atoms with van der Waals surface area (Å²) >= 11 is 0. The molecule has 1 aromatic heterocycles. The van der Waals surface area contributed by atoms with Crippen molar-refractivity contribution in [1.82, 2.24) is 15.5 Å². The van der Waals surface area contributed by atoms with Gasteiger partial charge in [0.15, 0.2) is 5.82 Å². The van der Waals surface area contributed by atoms with Crippen LogP contribution in [0.5, 0.6) is 0 Å². The molecular formula is C9H16N4O3. The number of hydrogen-bond donors (Lipinski definition) is 2. The second kappa shape index (κ2) is 6.19. The molecule has 1 rings (SSSR count). The van der Waals surface area contributed by atoms with Crippen molar-refractivity contribution in [3.8, 4) is 0 Å². The third kappa shape index (κ3) is 3.95. The lowest BCUT2D eigenvalue weighted by atomic mass is 10.3. The van der Waals surface area contributed by atoms with E-state index >= 15 is 0 Å². The van der Waals surface area contributed by atoms with Crippen LogP contribution in [-0.2, 0) is 16.0 Å². The number of nitrogens with two attached hydrogens (primary N) is 1. The van der Waals surface area contributed by atoms with Crippen LogP contribution in [-0.4, -0.2) is 42.4 Å². The molecule has 1 atom stereocenters. The normalized spacial score (nSPS) is 12.4. The maximum absolute atomic E-state index is 11.3. The molecule has 7 heteroatoms. The molecule has 0 aliphatic rings. The first kappa shape index (κ1) is 12.6. The van der Waals surface area contributed by atoms with Crippen LogP contribution < -0.4 is 11.1 Å². The van der Waals surface area contributed by atoms with Crippen LogP contribution in [0, 0.1) is 6.92 Å². The lowest BCUT2D eigenvalue weighted by Crippen LogP contribution is -2.44. The lowest BCUT2D eigenvalue weighted by molar-refractivity contribution is -0.123. The molecule has 0 fully saturated rings. The molecule has 1 amide bonds. The fraction of sp³-hybridized carbons (Fsp3) is 0.667. The Morgan fingerprint density at radius 3 is 3.00 bits per heavy atom. The Bertz CT molecular complexity index is 339.